The number of rotatable bonds is 3. The predicted molar refractivity (Wildman–Crippen MR) is 127 cm³/mol. The van der Waals surface area contributed by atoms with Gasteiger partial charge in [-0.05, 0) is 45.4 Å². The highest BCUT2D eigenvalue weighted by molar-refractivity contribution is 5.88. The summed E-state index contributed by atoms with van der Waals surface area (Å²) in [5.41, 5.74) is 6.70. The van der Waals surface area contributed by atoms with Crippen LogP contribution in [0.3, 0.4) is 0 Å². The Balaban J connectivity index is 1.44. The summed E-state index contributed by atoms with van der Waals surface area (Å²) in [6.07, 6.45) is 3.53. The molecule has 8 nitrogen and oxygen atoms in total. The lowest BCUT2D eigenvalue weighted by Gasteiger charge is -2.47. The molecule has 1 fully saturated rings. The molecule has 5 rings (SSSR count). The van der Waals surface area contributed by atoms with Crippen LogP contribution in [0, 0.1) is 6.92 Å². The second kappa shape index (κ2) is 7.70. The van der Waals surface area contributed by atoms with Gasteiger partial charge < -0.3 is 9.47 Å². The number of aromatic amines is 1. The molecule has 4 aromatic rings. The molecule has 8 heteroatoms. The van der Waals surface area contributed by atoms with E-state index in [-0.39, 0.29) is 17.6 Å². The van der Waals surface area contributed by atoms with E-state index in [0.717, 1.165) is 46.5 Å². The number of benzene rings is 1. The third kappa shape index (κ3) is 3.35. The van der Waals surface area contributed by atoms with Gasteiger partial charge in [0.15, 0.2) is 0 Å². The van der Waals surface area contributed by atoms with Crippen LogP contribution in [-0.4, -0.2) is 54.8 Å². The van der Waals surface area contributed by atoms with Crippen molar-refractivity contribution < 1.29 is 0 Å². The number of hydrogen-bond donors (Lipinski definition) is 1. The molecular weight excluding hydrogens is 402 g/mol. The number of aryl methyl sites for hydroxylation is 2. The van der Waals surface area contributed by atoms with Crippen LogP contribution in [0.1, 0.15) is 38.1 Å². The number of nitrogens with one attached hydrogen (secondary N) is 1. The molecule has 4 heterocycles. The first-order valence-electron chi connectivity index (χ1n) is 11.1. The first-order valence-corrected chi connectivity index (χ1v) is 11.1. The fraction of sp³-hybridized carbons (Fsp3) is 0.417. The third-order valence-electron chi connectivity index (χ3n) is 6.84. The number of fused-ring (bicyclic) bond motifs is 2. The summed E-state index contributed by atoms with van der Waals surface area (Å²) in [5, 5.41) is 7.28. The Morgan fingerprint density at radius 1 is 1.09 bits per heavy atom. The number of nitrogens with zero attached hydrogens (tertiary/aromatic N) is 6. The summed E-state index contributed by atoms with van der Waals surface area (Å²) in [6, 6.07) is 8.92. The van der Waals surface area contributed by atoms with Crippen molar-refractivity contribution in [3.8, 4) is 0 Å². The van der Waals surface area contributed by atoms with Crippen molar-refractivity contribution in [3.05, 3.63) is 58.3 Å². The van der Waals surface area contributed by atoms with Crippen molar-refractivity contribution >= 4 is 27.8 Å². The highest BCUT2D eigenvalue weighted by Crippen LogP contribution is 2.32. The number of anilines is 1. The molecule has 166 valence electrons. The van der Waals surface area contributed by atoms with Gasteiger partial charge in [-0.15, -0.1) is 0 Å². The molecule has 1 aromatic carbocycles. The fourth-order valence-electron chi connectivity index (χ4n) is 4.95. The summed E-state index contributed by atoms with van der Waals surface area (Å²) in [4.78, 5) is 26.6. The first kappa shape index (κ1) is 20.6. The van der Waals surface area contributed by atoms with Crippen LogP contribution in [0.4, 0.5) is 5.69 Å². The number of H-pyrrole nitrogens is 1. The predicted octanol–water partition coefficient (Wildman–Crippen LogP) is 3.17. The first-order chi connectivity index (χ1) is 15.3. The van der Waals surface area contributed by atoms with Gasteiger partial charge in [0.05, 0.1) is 34.1 Å². The SMILES string of the molecule is Cc1cnc2ccc(C(C)N3C[C@H](C)N(c4cc(=O)n(C)c5cn[nH]c45)C[C@H]3C)cc2n1. The van der Waals surface area contributed by atoms with Crippen LogP contribution in [0.5, 0.6) is 0 Å². The highest BCUT2D eigenvalue weighted by Gasteiger charge is 2.33. The molecule has 0 radical (unpaired) electrons. The van der Waals surface area contributed by atoms with Crippen molar-refractivity contribution in [3.63, 3.8) is 0 Å². The van der Waals surface area contributed by atoms with Crippen LogP contribution < -0.4 is 10.5 Å². The molecule has 1 aliphatic heterocycles. The van der Waals surface area contributed by atoms with E-state index < -0.39 is 0 Å². The maximum atomic E-state index is 12.5. The summed E-state index contributed by atoms with van der Waals surface area (Å²) in [6.45, 7) is 10.4. The lowest BCUT2D eigenvalue weighted by atomic mass is 9.99. The fourth-order valence-corrected chi connectivity index (χ4v) is 4.95. The van der Waals surface area contributed by atoms with Gasteiger partial charge in [0.1, 0.15) is 5.52 Å². The van der Waals surface area contributed by atoms with Gasteiger partial charge in [0, 0.05) is 50.5 Å². The average molecular weight is 432 g/mol. The van der Waals surface area contributed by atoms with E-state index in [1.165, 1.54) is 5.56 Å². The zero-order chi connectivity index (χ0) is 22.6. The average Bonchev–Trinajstić information content (AvgIpc) is 3.27. The quantitative estimate of drug-likeness (QED) is 0.537. The van der Waals surface area contributed by atoms with Gasteiger partial charge in [-0.1, -0.05) is 6.07 Å². The number of piperazine rings is 1. The normalized spacial score (nSPS) is 20.8. The lowest BCUT2D eigenvalue weighted by Crippen LogP contribution is -2.57. The molecule has 0 spiro atoms. The van der Waals surface area contributed by atoms with Crippen molar-refractivity contribution in [1.29, 1.82) is 0 Å². The summed E-state index contributed by atoms with van der Waals surface area (Å²) in [7, 11) is 1.78. The molecule has 0 aliphatic carbocycles. The second-order valence-corrected chi connectivity index (χ2v) is 9.04. The molecule has 3 atom stereocenters. The maximum absolute atomic E-state index is 12.5. The number of pyridine rings is 1. The minimum atomic E-state index is -0.0166. The molecule has 32 heavy (non-hydrogen) atoms. The van der Waals surface area contributed by atoms with E-state index in [1.54, 1.807) is 23.9 Å². The Bertz CT molecular complexity index is 1360. The van der Waals surface area contributed by atoms with Crippen LogP contribution in [0.25, 0.3) is 22.1 Å². The minimum absolute atomic E-state index is 0.0166. The Morgan fingerprint density at radius 3 is 2.72 bits per heavy atom. The van der Waals surface area contributed by atoms with Gasteiger partial charge in [-0.3, -0.25) is 19.8 Å². The van der Waals surface area contributed by atoms with Crippen molar-refractivity contribution in [2.45, 2.75) is 45.8 Å². The molecule has 1 N–H and O–H groups in total. The van der Waals surface area contributed by atoms with Crippen molar-refractivity contribution in [2.75, 3.05) is 18.0 Å². The largest absolute Gasteiger partial charge is 0.364 e. The van der Waals surface area contributed by atoms with Gasteiger partial charge in [0.2, 0.25) is 0 Å². The summed E-state index contributed by atoms with van der Waals surface area (Å²) >= 11 is 0. The van der Waals surface area contributed by atoms with Gasteiger partial charge in [-0.2, -0.15) is 5.10 Å². The van der Waals surface area contributed by atoms with E-state index in [4.69, 9.17) is 0 Å². The summed E-state index contributed by atoms with van der Waals surface area (Å²) < 4.78 is 1.64. The molecule has 1 aliphatic rings. The molecule has 1 unspecified atom stereocenters. The van der Waals surface area contributed by atoms with E-state index in [9.17, 15) is 4.79 Å². The standard InChI is InChI=1S/C24H29N7O/c1-14-10-25-19-7-6-18(8-20(19)27-14)17(4)30-12-16(3)31(13-15(30)2)21-9-23(32)29(5)22-11-26-28-24(21)22/h6-11,15-17H,12-13H2,1-5H3,(H,26,28)/t15-,16+,17?/m1/s1. The van der Waals surface area contributed by atoms with Gasteiger partial charge in [-0.25, -0.2) is 4.98 Å². The number of hydrogen-bond acceptors (Lipinski definition) is 6. The van der Waals surface area contributed by atoms with Crippen molar-refractivity contribution in [2.24, 2.45) is 7.05 Å². The van der Waals surface area contributed by atoms with E-state index in [2.05, 4.69) is 68.9 Å². The maximum Gasteiger partial charge on any atom is 0.252 e. The van der Waals surface area contributed by atoms with Crippen molar-refractivity contribution in [1.82, 2.24) is 29.6 Å². The Morgan fingerprint density at radius 2 is 1.91 bits per heavy atom. The number of aromatic nitrogens is 5. The zero-order valence-corrected chi connectivity index (χ0v) is 19.2. The third-order valence-corrected chi connectivity index (χ3v) is 6.84. The highest BCUT2D eigenvalue weighted by atomic mass is 16.1. The minimum Gasteiger partial charge on any atom is -0.364 e. The van der Waals surface area contributed by atoms with Crippen LogP contribution in [0.2, 0.25) is 0 Å². The van der Waals surface area contributed by atoms with E-state index in [0.29, 0.717) is 6.04 Å². The smallest absolute Gasteiger partial charge is 0.252 e. The van der Waals surface area contributed by atoms with E-state index in [1.807, 2.05) is 13.1 Å². The Labute approximate surface area is 186 Å². The topological polar surface area (TPSA) is 82.9 Å². The zero-order valence-electron chi connectivity index (χ0n) is 19.2. The molecule has 3 aromatic heterocycles. The molecular formula is C24H29N7O. The van der Waals surface area contributed by atoms with E-state index >= 15 is 0 Å². The Kier molecular flexibility index (Phi) is 4.97. The molecule has 0 saturated carbocycles. The summed E-state index contributed by atoms with van der Waals surface area (Å²) in [5.74, 6) is 0. The lowest BCUT2D eigenvalue weighted by molar-refractivity contribution is 0.119. The monoisotopic (exact) mass is 431 g/mol. The van der Waals surface area contributed by atoms with Gasteiger partial charge >= 0.3 is 0 Å². The Hall–Kier alpha value is -3.26. The van der Waals surface area contributed by atoms with Gasteiger partial charge in [0.25, 0.3) is 5.56 Å². The second-order valence-electron chi connectivity index (χ2n) is 9.04. The molecule has 0 bridgehead atoms. The van der Waals surface area contributed by atoms with Crippen LogP contribution >= 0.6 is 0 Å². The molecule has 0 amide bonds. The van der Waals surface area contributed by atoms with Crippen LogP contribution in [0.15, 0.2) is 41.5 Å². The van der Waals surface area contributed by atoms with Crippen LogP contribution in [-0.2, 0) is 7.05 Å². The molecule has 1 saturated heterocycles.